The maximum absolute atomic E-state index is 12.7. The van der Waals surface area contributed by atoms with Gasteiger partial charge in [-0.25, -0.2) is 0 Å². The fraction of sp³-hybridized carbons (Fsp3) is 0.391. The Morgan fingerprint density at radius 2 is 1.69 bits per heavy atom. The Bertz CT molecular complexity index is 845. The molecular weight excluding hydrogens is 386 g/mol. The van der Waals surface area contributed by atoms with Gasteiger partial charge in [-0.05, 0) is 42.7 Å². The number of halogens is 1. The molecule has 0 bridgehead atoms. The molecule has 1 heterocycles. The number of benzene rings is 2. The quantitative estimate of drug-likeness (QED) is 0.790. The lowest BCUT2D eigenvalue weighted by atomic mass is 10.1. The number of carbonyl (C=O) groups excluding carboxylic acids is 2. The molecule has 1 atom stereocenters. The Morgan fingerprint density at radius 1 is 1.03 bits per heavy atom. The van der Waals surface area contributed by atoms with Crippen LogP contribution in [0, 0.1) is 0 Å². The normalized spacial score (nSPS) is 15.8. The SMILES string of the molecule is CCc1ccc(C(=O)N2CCN(C(C)C(=O)NCc3ccccc3Cl)CC2)cc1. The van der Waals surface area contributed by atoms with Crippen molar-refractivity contribution in [3.63, 3.8) is 0 Å². The van der Waals surface area contributed by atoms with Gasteiger partial charge in [-0.15, -0.1) is 0 Å². The molecule has 0 spiro atoms. The van der Waals surface area contributed by atoms with Crippen molar-refractivity contribution in [2.75, 3.05) is 26.2 Å². The maximum Gasteiger partial charge on any atom is 0.253 e. The van der Waals surface area contributed by atoms with Gasteiger partial charge in [-0.1, -0.05) is 48.9 Å². The summed E-state index contributed by atoms with van der Waals surface area (Å²) in [6.07, 6.45) is 0.962. The number of nitrogens with one attached hydrogen (secondary N) is 1. The minimum Gasteiger partial charge on any atom is -0.351 e. The molecule has 6 heteroatoms. The highest BCUT2D eigenvalue weighted by atomic mass is 35.5. The zero-order valence-electron chi connectivity index (χ0n) is 17.0. The highest BCUT2D eigenvalue weighted by molar-refractivity contribution is 6.31. The molecule has 0 aliphatic carbocycles. The van der Waals surface area contributed by atoms with E-state index in [2.05, 4.69) is 17.1 Å². The molecule has 0 saturated carbocycles. The van der Waals surface area contributed by atoms with Crippen LogP contribution in [0.1, 0.15) is 35.3 Å². The molecule has 0 radical (unpaired) electrons. The largest absolute Gasteiger partial charge is 0.351 e. The minimum atomic E-state index is -0.251. The molecular formula is C23H28ClN3O2. The number of amides is 2. The van der Waals surface area contributed by atoms with Crippen LogP contribution in [0.2, 0.25) is 5.02 Å². The van der Waals surface area contributed by atoms with Crippen molar-refractivity contribution in [1.82, 2.24) is 15.1 Å². The molecule has 1 aliphatic rings. The van der Waals surface area contributed by atoms with Crippen LogP contribution < -0.4 is 5.32 Å². The number of piperazine rings is 1. The average molecular weight is 414 g/mol. The van der Waals surface area contributed by atoms with Crippen molar-refractivity contribution in [2.45, 2.75) is 32.9 Å². The molecule has 5 nitrogen and oxygen atoms in total. The van der Waals surface area contributed by atoms with Crippen LogP contribution in [0.4, 0.5) is 0 Å². The van der Waals surface area contributed by atoms with Crippen molar-refractivity contribution in [3.05, 3.63) is 70.2 Å². The molecule has 2 aromatic rings. The van der Waals surface area contributed by atoms with E-state index in [0.717, 1.165) is 17.5 Å². The predicted molar refractivity (Wildman–Crippen MR) is 116 cm³/mol. The first-order chi connectivity index (χ1) is 14.0. The van der Waals surface area contributed by atoms with Crippen LogP contribution in [0.25, 0.3) is 0 Å². The van der Waals surface area contributed by atoms with Crippen LogP contribution in [0.15, 0.2) is 48.5 Å². The van der Waals surface area contributed by atoms with Gasteiger partial charge in [0.2, 0.25) is 5.91 Å². The van der Waals surface area contributed by atoms with Crippen LogP contribution in [0.5, 0.6) is 0 Å². The van der Waals surface area contributed by atoms with E-state index in [1.165, 1.54) is 5.56 Å². The molecule has 29 heavy (non-hydrogen) atoms. The Balaban J connectivity index is 1.49. The predicted octanol–water partition coefficient (Wildman–Crippen LogP) is 3.37. The van der Waals surface area contributed by atoms with Crippen molar-refractivity contribution in [3.8, 4) is 0 Å². The van der Waals surface area contributed by atoms with Crippen molar-refractivity contribution < 1.29 is 9.59 Å². The highest BCUT2D eigenvalue weighted by Crippen LogP contribution is 2.15. The lowest BCUT2D eigenvalue weighted by molar-refractivity contribution is -0.126. The topological polar surface area (TPSA) is 52.7 Å². The van der Waals surface area contributed by atoms with E-state index in [-0.39, 0.29) is 17.9 Å². The van der Waals surface area contributed by atoms with Crippen molar-refractivity contribution >= 4 is 23.4 Å². The second-order valence-electron chi connectivity index (χ2n) is 7.36. The van der Waals surface area contributed by atoms with Crippen molar-refractivity contribution in [2.24, 2.45) is 0 Å². The van der Waals surface area contributed by atoms with Gasteiger partial charge >= 0.3 is 0 Å². The lowest BCUT2D eigenvalue weighted by Gasteiger charge is -2.37. The number of aryl methyl sites for hydroxylation is 1. The summed E-state index contributed by atoms with van der Waals surface area (Å²) in [5.41, 5.74) is 2.85. The maximum atomic E-state index is 12.7. The van der Waals surface area contributed by atoms with Crippen molar-refractivity contribution in [1.29, 1.82) is 0 Å². The van der Waals surface area contributed by atoms with Crippen LogP contribution in [0.3, 0.4) is 0 Å². The first kappa shape index (κ1) is 21.3. The Hall–Kier alpha value is -2.37. The summed E-state index contributed by atoms with van der Waals surface area (Å²) in [5, 5.41) is 3.61. The molecule has 2 amide bonds. The standard InChI is InChI=1S/C23H28ClN3O2/c1-3-18-8-10-19(11-9-18)23(29)27-14-12-26(13-15-27)17(2)22(28)25-16-20-6-4-5-7-21(20)24/h4-11,17H,3,12-16H2,1-2H3,(H,25,28). The summed E-state index contributed by atoms with van der Waals surface area (Å²) in [5.74, 6) is 0.0305. The van der Waals surface area contributed by atoms with E-state index in [4.69, 9.17) is 11.6 Å². The number of hydrogen-bond acceptors (Lipinski definition) is 3. The van der Waals surface area contributed by atoms with E-state index < -0.39 is 0 Å². The smallest absolute Gasteiger partial charge is 0.253 e. The van der Waals surface area contributed by atoms with Crippen LogP contribution in [-0.4, -0.2) is 53.8 Å². The van der Waals surface area contributed by atoms with E-state index in [1.54, 1.807) is 0 Å². The number of hydrogen-bond donors (Lipinski definition) is 1. The summed E-state index contributed by atoms with van der Waals surface area (Å²) in [7, 11) is 0. The molecule has 1 N–H and O–H groups in total. The fourth-order valence-corrected chi connectivity index (χ4v) is 3.72. The molecule has 1 unspecified atom stereocenters. The summed E-state index contributed by atoms with van der Waals surface area (Å²) in [4.78, 5) is 29.2. The zero-order valence-corrected chi connectivity index (χ0v) is 17.8. The Labute approximate surface area is 177 Å². The molecule has 1 fully saturated rings. The number of carbonyl (C=O) groups is 2. The van der Waals surface area contributed by atoms with E-state index in [0.29, 0.717) is 37.7 Å². The van der Waals surface area contributed by atoms with Gasteiger partial charge in [0.05, 0.1) is 6.04 Å². The Kier molecular flexibility index (Phi) is 7.29. The second kappa shape index (κ2) is 9.90. The summed E-state index contributed by atoms with van der Waals surface area (Å²) < 4.78 is 0. The second-order valence-corrected chi connectivity index (χ2v) is 7.77. The van der Waals surface area contributed by atoms with Gasteiger partial charge in [0.1, 0.15) is 0 Å². The third-order valence-corrected chi connectivity index (χ3v) is 5.92. The molecule has 154 valence electrons. The third-order valence-electron chi connectivity index (χ3n) is 5.55. The van der Waals surface area contributed by atoms with Gasteiger partial charge in [0, 0.05) is 43.3 Å². The van der Waals surface area contributed by atoms with Gasteiger partial charge in [0.25, 0.3) is 5.91 Å². The minimum absolute atomic E-state index is 0.0279. The zero-order chi connectivity index (χ0) is 20.8. The third kappa shape index (κ3) is 5.37. The fourth-order valence-electron chi connectivity index (χ4n) is 3.52. The van der Waals surface area contributed by atoms with E-state index in [9.17, 15) is 9.59 Å². The summed E-state index contributed by atoms with van der Waals surface area (Å²) in [6.45, 7) is 7.02. The number of rotatable bonds is 6. The molecule has 2 aromatic carbocycles. The molecule has 3 rings (SSSR count). The van der Waals surface area contributed by atoms with Gasteiger partial charge in [-0.3, -0.25) is 14.5 Å². The molecule has 0 aromatic heterocycles. The molecule has 1 aliphatic heterocycles. The van der Waals surface area contributed by atoms with Gasteiger partial charge in [-0.2, -0.15) is 0 Å². The Morgan fingerprint density at radius 3 is 2.31 bits per heavy atom. The van der Waals surface area contributed by atoms with Gasteiger partial charge in [0.15, 0.2) is 0 Å². The first-order valence-corrected chi connectivity index (χ1v) is 10.5. The average Bonchev–Trinajstić information content (AvgIpc) is 2.77. The lowest BCUT2D eigenvalue weighted by Crippen LogP contribution is -2.54. The van der Waals surface area contributed by atoms with Crippen LogP contribution >= 0.6 is 11.6 Å². The van der Waals surface area contributed by atoms with E-state index >= 15 is 0 Å². The van der Waals surface area contributed by atoms with E-state index in [1.807, 2.05) is 60.4 Å². The first-order valence-electron chi connectivity index (χ1n) is 10.1. The molecule has 1 saturated heterocycles. The number of nitrogens with zero attached hydrogens (tertiary/aromatic N) is 2. The monoisotopic (exact) mass is 413 g/mol. The highest BCUT2D eigenvalue weighted by Gasteiger charge is 2.27. The summed E-state index contributed by atoms with van der Waals surface area (Å²) >= 11 is 6.15. The van der Waals surface area contributed by atoms with Crippen LogP contribution in [-0.2, 0) is 17.8 Å². The van der Waals surface area contributed by atoms with Gasteiger partial charge < -0.3 is 10.2 Å². The summed E-state index contributed by atoms with van der Waals surface area (Å²) in [6, 6.07) is 15.1.